The Kier molecular flexibility index (Phi) is 5.45. The SMILES string of the molecule is Cc1cccc(-c2cc3c4c(c2)C(C)(C)c2cc(-c5ccccc5)cc5c2N4c2c(cc(B(O)O)cc2C3(C)C)C5(C)C)c1. The Morgan fingerprint density at radius 3 is 1.32 bits per heavy atom. The quantitative estimate of drug-likeness (QED) is 0.212. The molecule has 3 heterocycles. The predicted molar refractivity (Wildman–Crippen MR) is 183 cm³/mol. The molecule has 8 rings (SSSR count). The maximum Gasteiger partial charge on any atom is 0.488 e. The van der Waals surface area contributed by atoms with Gasteiger partial charge >= 0.3 is 7.12 Å². The first-order chi connectivity index (χ1) is 20.8. The van der Waals surface area contributed by atoms with E-state index in [9.17, 15) is 10.0 Å². The summed E-state index contributed by atoms with van der Waals surface area (Å²) in [7, 11) is -1.55. The fraction of sp³-hybridized carbons (Fsp3) is 0.250. The molecule has 0 spiro atoms. The molecule has 0 saturated carbocycles. The Bertz CT molecular complexity index is 2040. The van der Waals surface area contributed by atoms with Gasteiger partial charge in [-0.2, -0.15) is 0 Å². The summed E-state index contributed by atoms with van der Waals surface area (Å²) in [5, 5.41) is 21.1. The highest BCUT2D eigenvalue weighted by Gasteiger charge is 2.52. The molecule has 0 aromatic heterocycles. The summed E-state index contributed by atoms with van der Waals surface area (Å²) in [6.45, 7) is 16.1. The van der Waals surface area contributed by atoms with Crippen molar-refractivity contribution in [2.24, 2.45) is 0 Å². The van der Waals surface area contributed by atoms with Crippen molar-refractivity contribution in [2.75, 3.05) is 4.90 Å². The van der Waals surface area contributed by atoms with Crippen molar-refractivity contribution < 1.29 is 10.0 Å². The fourth-order valence-corrected chi connectivity index (χ4v) is 8.22. The third-order valence-electron chi connectivity index (χ3n) is 10.8. The lowest BCUT2D eigenvalue weighted by molar-refractivity contribution is 0.425. The molecule has 2 N–H and O–H groups in total. The average molecular weight is 576 g/mol. The van der Waals surface area contributed by atoms with E-state index in [1.165, 1.54) is 67.1 Å². The predicted octanol–water partition coefficient (Wildman–Crippen LogP) is 8.40. The average Bonchev–Trinajstić information content (AvgIpc) is 2.99. The highest BCUT2D eigenvalue weighted by atomic mass is 16.4. The van der Waals surface area contributed by atoms with Gasteiger partial charge in [-0.15, -0.1) is 0 Å². The van der Waals surface area contributed by atoms with E-state index in [1.54, 1.807) is 0 Å². The van der Waals surface area contributed by atoms with Gasteiger partial charge in [0.15, 0.2) is 0 Å². The smallest absolute Gasteiger partial charge is 0.423 e. The lowest BCUT2D eigenvalue weighted by atomic mass is 9.59. The van der Waals surface area contributed by atoms with Crippen LogP contribution in [0.25, 0.3) is 22.3 Å². The van der Waals surface area contributed by atoms with Crippen molar-refractivity contribution >= 4 is 29.6 Å². The number of hydrogen-bond acceptors (Lipinski definition) is 3. The van der Waals surface area contributed by atoms with Crippen LogP contribution in [-0.4, -0.2) is 17.2 Å². The molecule has 3 aliphatic heterocycles. The van der Waals surface area contributed by atoms with E-state index in [4.69, 9.17) is 0 Å². The van der Waals surface area contributed by atoms with Crippen LogP contribution in [0.15, 0.2) is 91.0 Å². The van der Waals surface area contributed by atoms with Gasteiger partial charge in [0.25, 0.3) is 0 Å². The van der Waals surface area contributed by atoms with Gasteiger partial charge in [-0.25, -0.2) is 0 Å². The van der Waals surface area contributed by atoms with Crippen LogP contribution >= 0.6 is 0 Å². The van der Waals surface area contributed by atoms with Gasteiger partial charge in [0, 0.05) is 16.2 Å². The van der Waals surface area contributed by atoms with Crippen LogP contribution in [0.2, 0.25) is 0 Å². The number of anilines is 3. The van der Waals surface area contributed by atoms with Gasteiger partial charge in [-0.1, -0.05) is 114 Å². The van der Waals surface area contributed by atoms with E-state index in [2.05, 4.69) is 132 Å². The molecule has 0 aliphatic carbocycles. The first kappa shape index (κ1) is 27.4. The van der Waals surface area contributed by atoms with Crippen LogP contribution in [-0.2, 0) is 16.2 Å². The highest BCUT2D eigenvalue weighted by molar-refractivity contribution is 6.58. The van der Waals surface area contributed by atoms with Crippen LogP contribution in [0.5, 0.6) is 0 Å². The second kappa shape index (κ2) is 8.75. The molecule has 3 aliphatic rings. The van der Waals surface area contributed by atoms with Crippen molar-refractivity contribution in [3.05, 3.63) is 130 Å². The van der Waals surface area contributed by atoms with Crippen LogP contribution in [0.3, 0.4) is 0 Å². The zero-order chi connectivity index (χ0) is 30.9. The number of nitrogens with zero attached hydrogens (tertiary/aromatic N) is 1. The Labute approximate surface area is 261 Å². The molecule has 0 bridgehead atoms. The van der Waals surface area contributed by atoms with E-state index >= 15 is 0 Å². The Morgan fingerprint density at radius 2 is 0.886 bits per heavy atom. The summed E-state index contributed by atoms with van der Waals surface area (Å²) < 4.78 is 0. The van der Waals surface area contributed by atoms with Crippen LogP contribution in [0.4, 0.5) is 17.1 Å². The molecule has 0 saturated heterocycles. The van der Waals surface area contributed by atoms with Crippen LogP contribution in [0, 0.1) is 6.92 Å². The van der Waals surface area contributed by atoms with E-state index in [1.807, 2.05) is 12.1 Å². The largest absolute Gasteiger partial charge is 0.488 e. The third kappa shape index (κ3) is 3.47. The van der Waals surface area contributed by atoms with Crippen molar-refractivity contribution in [1.82, 2.24) is 0 Å². The van der Waals surface area contributed by atoms with Gasteiger partial charge in [-0.05, 0) is 92.3 Å². The van der Waals surface area contributed by atoms with Crippen molar-refractivity contribution in [3.63, 3.8) is 0 Å². The van der Waals surface area contributed by atoms with Crippen molar-refractivity contribution in [2.45, 2.75) is 64.7 Å². The van der Waals surface area contributed by atoms with Gasteiger partial charge in [0.2, 0.25) is 0 Å². The monoisotopic (exact) mass is 575 g/mol. The molecule has 4 heteroatoms. The zero-order valence-corrected chi connectivity index (χ0v) is 26.6. The Morgan fingerprint density at radius 1 is 0.477 bits per heavy atom. The summed E-state index contributed by atoms with van der Waals surface area (Å²) in [5.41, 5.74) is 16.8. The number of aryl methyl sites for hydroxylation is 1. The lowest BCUT2D eigenvalue weighted by Crippen LogP contribution is -2.45. The van der Waals surface area contributed by atoms with Gasteiger partial charge in [0.05, 0.1) is 17.1 Å². The molecule has 3 nitrogen and oxygen atoms in total. The molecule has 0 unspecified atom stereocenters. The number of hydrogen-bond donors (Lipinski definition) is 2. The lowest BCUT2D eigenvalue weighted by Gasteiger charge is -2.55. The maximum absolute atomic E-state index is 10.5. The molecule has 0 atom stereocenters. The molecular formula is C40H38BNO2. The maximum atomic E-state index is 10.5. The zero-order valence-electron chi connectivity index (χ0n) is 26.6. The second-order valence-corrected chi connectivity index (χ2v) is 14.6. The molecule has 218 valence electrons. The van der Waals surface area contributed by atoms with Crippen molar-refractivity contribution in [3.8, 4) is 22.3 Å². The highest BCUT2D eigenvalue weighted by Crippen LogP contribution is 2.66. The van der Waals surface area contributed by atoms with Gasteiger partial charge in [-0.3, -0.25) is 0 Å². The summed E-state index contributed by atoms with van der Waals surface area (Å²) in [5.74, 6) is 0. The normalized spacial score (nSPS) is 17.2. The van der Waals surface area contributed by atoms with Gasteiger partial charge in [0.1, 0.15) is 0 Å². The summed E-state index contributed by atoms with van der Waals surface area (Å²) in [6, 6.07) is 33.1. The first-order valence-electron chi connectivity index (χ1n) is 15.7. The molecular weight excluding hydrogens is 537 g/mol. The minimum atomic E-state index is -1.55. The van der Waals surface area contributed by atoms with E-state index in [0.29, 0.717) is 5.46 Å². The Hall–Kier alpha value is -4.12. The van der Waals surface area contributed by atoms with E-state index in [0.717, 1.165) is 11.1 Å². The standard InChI is InChI=1S/C40H38BNO2/c1-23-12-11-15-25(16-23)27-19-31-36-32(20-27)40(6,7)34-22-28(41(43)44)21-33-37(34)42(36)35-29(38(31,2)3)17-26(18-30(35)39(33,4)5)24-13-9-8-10-14-24/h8-22,43-44H,1-7H3. The summed E-state index contributed by atoms with van der Waals surface area (Å²) in [6.07, 6.45) is 0. The molecule has 5 aromatic carbocycles. The minimum absolute atomic E-state index is 0.266. The Balaban J connectivity index is 1.55. The third-order valence-corrected chi connectivity index (χ3v) is 10.8. The molecule has 0 amide bonds. The molecule has 44 heavy (non-hydrogen) atoms. The molecule has 0 radical (unpaired) electrons. The van der Waals surface area contributed by atoms with E-state index in [-0.39, 0.29) is 16.2 Å². The van der Waals surface area contributed by atoms with Crippen LogP contribution < -0.4 is 10.4 Å². The van der Waals surface area contributed by atoms with Gasteiger partial charge < -0.3 is 14.9 Å². The number of rotatable bonds is 3. The van der Waals surface area contributed by atoms with Crippen LogP contribution in [0.1, 0.15) is 80.5 Å². The topological polar surface area (TPSA) is 43.7 Å². The fourth-order valence-electron chi connectivity index (χ4n) is 8.22. The van der Waals surface area contributed by atoms with E-state index < -0.39 is 7.12 Å². The second-order valence-electron chi connectivity index (χ2n) is 14.6. The minimum Gasteiger partial charge on any atom is -0.423 e. The molecule has 0 fully saturated rings. The van der Waals surface area contributed by atoms with Crippen molar-refractivity contribution in [1.29, 1.82) is 0 Å². The first-order valence-corrected chi connectivity index (χ1v) is 15.7. The summed E-state index contributed by atoms with van der Waals surface area (Å²) in [4.78, 5) is 2.53. The number of benzene rings is 5. The molecule has 5 aromatic rings. The summed E-state index contributed by atoms with van der Waals surface area (Å²) >= 11 is 0.